The van der Waals surface area contributed by atoms with Gasteiger partial charge in [-0.15, -0.1) is 0 Å². The van der Waals surface area contributed by atoms with E-state index in [0.717, 1.165) is 30.5 Å². The Morgan fingerprint density at radius 2 is 1.81 bits per heavy atom. The fourth-order valence-electron chi connectivity index (χ4n) is 2.44. The van der Waals surface area contributed by atoms with Gasteiger partial charge in [0.15, 0.2) is 0 Å². The van der Waals surface area contributed by atoms with Gasteiger partial charge in [-0.2, -0.15) is 0 Å². The molecule has 0 aliphatic rings. The van der Waals surface area contributed by atoms with Crippen molar-refractivity contribution in [2.24, 2.45) is 0 Å². The van der Waals surface area contributed by atoms with E-state index < -0.39 is 0 Å². The average molecular weight is 319 g/mol. The molecule has 1 heterocycles. The summed E-state index contributed by atoms with van der Waals surface area (Å²) >= 11 is 12.3. The van der Waals surface area contributed by atoms with Crippen molar-refractivity contribution in [1.82, 2.24) is 9.88 Å². The minimum Gasteiger partial charge on any atom is -0.346 e. The lowest BCUT2D eigenvalue weighted by Gasteiger charge is -2.08. The molecule has 0 amide bonds. The molecule has 0 spiro atoms. The van der Waals surface area contributed by atoms with Crippen LogP contribution in [0.1, 0.15) is 5.56 Å². The Hall–Kier alpha value is -1.48. The first kappa shape index (κ1) is 14.5. The Morgan fingerprint density at radius 3 is 2.62 bits per heavy atom. The normalized spacial score (nSPS) is 11.1. The molecule has 0 unspecified atom stereocenters. The summed E-state index contributed by atoms with van der Waals surface area (Å²) in [5.74, 6) is 0. The Morgan fingerprint density at radius 1 is 1.00 bits per heavy atom. The van der Waals surface area contributed by atoms with Crippen LogP contribution in [-0.2, 0) is 13.1 Å². The zero-order valence-electron chi connectivity index (χ0n) is 11.5. The van der Waals surface area contributed by atoms with Gasteiger partial charge in [-0.05, 0) is 23.8 Å². The molecule has 21 heavy (non-hydrogen) atoms. The Balaban J connectivity index is 1.63. The van der Waals surface area contributed by atoms with Crippen molar-refractivity contribution in [1.29, 1.82) is 0 Å². The van der Waals surface area contributed by atoms with Crippen molar-refractivity contribution in [3.63, 3.8) is 0 Å². The number of nitrogens with zero attached hydrogens (tertiary/aromatic N) is 1. The highest BCUT2D eigenvalue weighted by atomic mass is 35.5. The van der Waals surface area contributed by atoms with Gasteiger partial charge in [-0.3, -0.25) is 0 Å². The van der Waals surface area contributed by atoms with Crippen LogP contribution >= 0.6 is 23.2 Å². The van der Waals surface area contributed by atoms with E-state index in [2.05, 4.69) is 40.3 Å². The molecule has 0 bridgehead atoms. The van der Waals surface area contributed by atoms with Crippen molar-refractivity contribution in [2.75, 3.05) is 6.54 Å². The number of halogens is 2. The van der Waals surface area contributed by atoms with Crippen LogP contribution in [0.25, 0.3) is 10.9 Å². The van der Waals surface area contributed by atoms with Crippen LogP contribution in [-0.4, -0.2) is 11.1 Å². The number of fused-ring (bicyclic) bond motifs is 1. The average Bonchev–Trinajstić information content (AvgIpc) is 2.88. The maximum Gasteiger partial charge on any atom is 0.0514 e. The predicted molar refractivity (Wildman–Crippen MR) is 90.1 cm³/mol. The molecule has 0 aliphatic heterocycles. The number of hydrogen-bond donors (Lipinski definition) is 1. The van der Waals surface area contributed by atoms with E-state index in [1.807, 2.05) is 18.2 Å². The van der Waals surface area contributed by atoms with Crippen LogP contribution in [0.15, 0.2) is 54.7 Å². The lowest BCUT2D eigenvalue weighted by Crippen LogP contribution is -2.19. The Kier molecular flexibility index (Phi) is 4.49. The standard InChI is InChI=1S/C17H16Cl2N2/c18-14-10-16(19)15-6-8-21(17(15)11-14)9-7-20-12-13-4-2-1-3-5-13/h1-6,8,10-11,20H,7,9,12H2. The molecule has 0 saturated carbocycles. The highest BCUT2D eigenvalue weighted by molar-refractivity contribution is 6.38. The summed E-state index contributed by atoms with van der Waals surface area (Å²) in [4.78, 5) is 0. The molecule has 2 nitrogen and oxygen atoms in total. The van der Waals surface area contributed by atoms with Crippen LogP contribution in [0, 0.1) is 0 Å². The second kappa shape index (κ2) is 6.52. The Bertz CT molecular complexity index is 735. The molecule has 0 saturated heterocycles. The maximum absolute atomic E-state index is 6.20. The maximum atomic E-state index is 6.20. The van der Waals surface area contributed by atoms with Crippen molar-refractivity contribution >= 4 is 34.1 Å². The summed E-state index contributed by atoms with van der Waals surface area (Å²) < 4.78 is 2.17. The van der Waals surface area contributed by atoms with Crippen molar-refractivity contribution < 1.29 is 0 Å². The molecule has 0 aliphatic carbocycles. The van der Waals surface area contributed by atoms with E-state index in [1.165, 1.54) is 5.56 Å². The second-order valence-corrected chi connectivity index (χ2v) is 5.84. The quantitative estimate of drug-likeness (QED) is 0.672. The van der Waals surface area contributed by atoms with Gasteiger partial charge in [-0.1, -0.05) is 53.5 Å². The van der Waals surface area contributed by atoms with Gasteiger partial charge in [0, 0.05) is 36.2 Å². The first-order valence-electron chi connectivity index (χ1n) is 6.92. The molecule has 3 rings (SSSR count). The lowest BCUT2D eigenvalue weighted by molar-refractivity contribution is 0.609. The SMILES string of the molecule is Clc1cc(Cl)c2ccn(CCNCc3ccccc3)c2c1. The lowest BCUT2D eigenvalue weighted by atomic mass is 10.2. The molecule has 108 valence electrons. The minimum absolute atomic E-state index is 0.671. The smallest absolute Gasteiger partial charge is 0.0514 e. The van der Waals surface area contributed by atoms with E-state index in [9.17, 15) is 0 Å². The number of nitrogens with one attached hydrogen (secondary N) is 1. The van der Waals surface area contributed by atoms with Gasteiger partial charge in [0.25, 0.3) is 0 Å². The van der Waals surface area contributed by atoms with E-state index >= 15 is 0 Å². The van der Waals surface area contributed by atoms with Crippen LogP contribution in [0.3, 0.4) is 0 Å². The summed E-state index contributed by atoms with van der Waals surface area (Å²) in [7, 11) is 0. The second-order valence-electron chi connectivity index (χ2n) is 4.99. The zero-order chi connectivity index (χ0) is 14.7. The highest BCUT2D eigenvalue weighted by Gasteiger charge is 2.06. The number of aromatic nitrogens is 1. The highest BCUT2D eigenvalue weighted by Crippen LogP contribution is 2.28. The minimum atomic E-state index is 0.671. The Labute approximate surface area is 134 Å². The number of hydrogen-bond acceptors (Lipinski definition) is 1. The molecule has 1 aromatic heterocycles. The summed E-state index contributed by atoms with van der Waals surface area (Å²) in [6.45, 7) is 2.65. The third-order valence-electron chi connectivity index (χ3n) is 3.50. The molecule has 0 radical (unpaired) electrons. The zero-order valence-corrected chi connectivity index (χ0v) is 13.0. The first-order chi connectivity index (χ1) is 10.2. The number of rotatable bonds is 5. The summed E-state index contributed by atoms with van der Waals surface area (Å²) in [6.07, 6.45) is 2.05. The molecule has 0 fully saturated rings. The van der Waals surface area contributed by atoms with E-state index in [-0.39, 0.29) is 0 Å². The van der Waals surface area contributed by atoms with Crippen molar-refractivity contribution in [3.05, 3.63) is 70.3 Å². The van der Waals surface area contributed by atoms with Gasteiger partial charge in [-0.25, -0.2) is 0 Å². The fraction of sp³-hybridized carbons (Fsp3) is 0.176. The van der Waals surface area contributed by atoms with Crippen molar-refractivity contribution in [2.45, 2.75) is 13.1 Å². The van der Waals surface area contributed by atoms with E-state index in [1.54, 1.807) is 6.07 Å². The largest absolute Gasteiger partial charge is 0.346 e. The number of benzene rings is 2. The third kappa shape index (κ3) is 3.41. The molecule has 4 heteroatoms. The summed E-state index contributed by atoms with van der Waals surface area (Å²) in [5, 5.41) is 5.87. The van der Waals surface area contributed by atoms with Crippen LogP contribution in [0.2, 0.25) is 10.0 Å². The van der Waals surface area contributed by atoms with Gasteiger partial charge in [0.2, 0.25) is 0 Å². The molecule has 2 aromatic carbocycles. The van der Waals surface area contributed by atoms with Crippen LogP contribution in [0.4, 0.5) is 0 Å². The topological polar surface area (TPSA) is 17.0 Å². The monoisotopic (exact) mass is 318 g/mol. The predicted octanol–water partition coefficient (Wildman–Crippen LogP) is 4.74. The van der Waals surface area contributed by atoms with Gasteiger partial charge in [0.05, 0.1) is 10.5 Å². The van der Waals surface area contributed by atoms with Gasteiger partial charge < -0.3 is 9.88 Å². The summed E-state index contributed by atoms with van der Waals surface area (Å²) in [6, 6.07) is 16.2. The molecular weight excluding hydrogens is 303 g/mol. The summed E-state index contributed by atoms with van der Waals surface area (Å²) in [5.41, 5.74) is 2.37. The van der Waals surface area contributed by atoms with Crippen molar-refractivity contribution in [3.8, 4) is 0 Å². The molecule has 0 atom stereocenters. The fourth-order valence-corrected chi connectivity index (χ4v) is 2.99. The molecular formula is C17H16Cl2N2. The molecule has 3 aromatic rings. The van der Waals surface area contributed by atoms with Crippen LogP contribution in [0.5, 0.6) is 0 Å². The third-order valence-corrected chi connectivity index (χ3v) is 4.04. The van der Waals surface area contributed by atoms with E-state index in [4.69, 9.17) is 23.2 Å². The molecule has 1 N–H and O–H groups in total. The van der Waals surface area contributed by atoms with Gasteiger partial charge in [0.1, 0.15) is 0 Å². The van der Waals surface area contributed by atoms with Crippen LogP contribution < -0.4 is 5.32 Å². The van der Waals surface area contributed by atoms with E-state index in [0.29, 0.717) is 10.0 Å². The first-order valence-corrected chi connectivity index (χ1v) is 7.68. The van der Waals surface area contributed by atoms with Gasteiger partial charge >= 0.3 is 0 Å².